The van der Waals surface area contributed by atoms with Crippen molar-refractivity contribution in [3.63, 3.8) is 0 Å². The van der Waals surface area contributed by atoms with Gasteiger partial charge in [-0.2, -0.15) is 0 Å². The van der Waals surface area contributed by atoms with Crippen LogP contribution < -0.4 is 10.1 Å². The summed E-state index contributed by atoms with van der Waals surface area (Å²) in [7, 11) is 0. The molecular formula is C25H24FN3O3S. The van der Waals surface area contributed by atoms with Crippen LogP contribution in [0.3, 0.4) is 0 Å². The Kier molecular flexibility index (Phi) is 5.85. The number of carbonyl (C=O) groups excluding carboxylic acids is 2. The van der Waals surface area contributed by atoms with Crippen LogP contribution in [0.15, 0.2) is 47.8 Å². The molecule has 0 unspecified atom stereocenters. The van der Waals surface area contributed by atoms with E-state index in [2.05, 4.69) is 10.3 Å². The summed E-state index contributed by atoms with van der Waals surface area (Å²) in [6.45, 7) is 2.41. The molecule has 33 heavy (non-hydrogen) atoms. The second kappa shape index (κ2) is 8.94. The van der Waals surface area contributed by atoms with Crippen molar-refractivity contribution in [3.8, 4) is 5.75 Å². The van der Waals surface area contributed by atoms with Gasteiger partial charge in [0.05, 0.1) is 6.04 Å². The smallest absolute Gasteiger partial charge is 0.270 e. The molecule has 5 rings (SSSR count). The highest BCUT2D eigenvalue weighted by Gasteiger charge is 2.31. The van der Waals surface area contributed by atoms with E-state index in [0.29, 0.717) is 23.0 Å². The van der Waals surface area contributed by atoms with E-state index in [1.54, 1.807) is 24.4 Å². The first kappa shape index (κ1) is 21.6. The van der Waals surface area contributed by atoms with Crippen LogP contribution in [0, 0.1) is 5.82 Å². The molecule has 1 atom stereocenters. The number of ether oxygens (including phenoxy) is 1. The van der Waals surface area contributed by atoms with Gasteiger partial charge < -0.3 is 15.0 Å². The van der Waals surface area contributed by atoms with Crippen LogP contribution in [-0.4, -0.2) is 34.3 Å². The molecule has 1 N–H and O–H groups in total. The fourth-order valence-corrected chi connectivity index (χ4v) is 4.83. The van der Waals surface area contributed by atoms with Gasteiger partial charge in [-0.25, -0.2) is 9.37 Å². The second-order valence-corrected chi connectivity index (χ2v) is 9.38. The zero-order valence-corrected chi connectivity index (χ0v) is 19.0. The number of nitrogens with zero attached hydrogens (tertiary/aromatic N) is 2. The molecule has 3 aromatic rings. The summed E-state index contributed by atoms with van der Waals surface area (Å²) in [5.41, 5.74) is 3.40. The van der Waals surface area contributed by atoms with Crippen molar-refractivity contribution < 1.29 is 18.7 Å². The Hall–Kier alpha value is -3.26. The quantitative estimate of drug-likeness (QED) is 0.591. The lowest BCUT2D eigenvalue weighted by Crippen LogP contribution is -2.39. The second-order valence-electron chi connectivity index (χ2n) is 8.44. The fourth-order valence-electron chi connectivity index (χ4n) is 4.14. The van der Waals surface area contributed by atoms with Gasteiger partial charge in [-0.15, -0.1) is 11.3 Å². The number of nitrogens with one attached hydrogen (secondary N) is 1. The Bertz CT molecular complexity index is 1190. The number of fused-ring (bicyclic) bond motifs is 1. The van der Waals surface area contributed by atoms with Crippen LogP contribution in [0.25, 0.3) is 0 Å². The van der Waals surface area contributed by atoms with E-state index >= 15 is 0 Å². The van der Waals surface area contributed by atoms with Crippen molar-refractivity contribution in [1.82, 2.24) is 15.2 Å². The number of thiazole rings is 1. The Morgan fingerprint density at radius 3 is 2.73 bits per heavy atom. The number of benzene rings is 2. The molecule has 8 heteroatoms. The van der Waals surface area contributed by atoms with Crippen molar-refractivity contribution >= 4 is 23.2 Å². The minimum Gasteiger partial charge on any atom is -0.486 e. The highest BCUT2D eigenvalue weighted by atomic mass is 32.1. The highest BCUT2D eigenvalue weighted by Crippen LogP contribution is 2.37. The Morgan fingerprint density at radius 2 is 2.00 bits per heavy atom. The van der Waals surface area contributed by atoms with Crippen LogP contribution in [-0.2, 0) is 17.8 Å². The molecule has 0 bridgehead atoms. The fraction of sp³-hybridized carbons (Fsp3) is 0.320. The minimum absolute atomic E-state index is 0.0268. The van der Waals surface area contributed by atoms with Crippen molar-refractivity contribution in [3.05, 3.63) is 81.1 Å². The number of amides is 2. The van der Waals surface area contributed by atoms with Crippen LogP contribution in [0.2, 0.25) is 0 Å². The molecule has 1 aliphatic carbocycles. The van der Waals surface area contributed by atoms with Gasteiger partial charge in [0, 0.05) is 24.9 Å². The van der Waals surface area contributed by atoms with Gasteiger partial charge in [-0.05, 0) is 60.2 Å². The van der Waals surface area contributed by atoms with Gasteiger partial charge in [-0.1, -0.05) is 18.2 Å². The molecule has 6 nitrogen and oxygen atoms in total. The van der Waals surface area contributed by atoms with Crippen LogP contribution in [0.1, 0.15) is 58.0 Å². The monoisotopic (exact) mass is 465 g/mol. The van der Waals surface area contributed by atoms with E-state index < -0.39 is 0 Å². The number of hydrogen-bond donors (Lipinski definition) is 1. The molecule has 1 aliphatic heterocycles. The summed E-state index contributed by atoms with van der Waals surface area (Å²) in [6.07, 6.45) is 2.81. The third-order valence-corrected chi connectivity index (χ3v) is 6.82. The Balaban J connectivity index is 1.35. The van der Waals surface area contributed by atoms with Gasteiger partial charge in [0.15, 0.2) is 0 Å². The maximum absolute atomic E-state index is 13.5. The number of carbonyl (C=O) groups is 2. The van der Waals surface area contributed by atoms with Gasteiger partial charge in [-0.3, -0.25) is 9.59 Å². The van der Waals surface area contributed by atoms with Gasteiger partial charge in [0.1, 0.15) is 28.9 Å². The molecule has 1 saturated carbocycles. The topological polar surface area (TPSA) is 71.5 Å². The summed E-state index contributed by atoms with van der Waals surface area (Å²) in [5.74, 6) is 0.182. The summed E-state index contributed by atoms with van der Waals surface area (Å²) >= 11 is 1.39. The van der Waals surface area contributed by atoms with E-state index in [-0.39, 0.29) is 36.3 Å². The average molecular weight is 466 g/mol. The van der Waals surface area contributed by atoms with Crippen molar-refractivity contribution in [2.45, 2.75) is 44.9 Å². The molecular weight excluding hydrogens is 441 g/mol. The number of halogens is 1. The Labute approximate surface area is 195 Å². The molecule has 0 spiro atoms. The SMILES string of the molecule is CC(=O)N1CCc2ccc(OCc3nc(C(=O)NC4CC4)cs3)cc2[C@H]1c1ccc(F)cc1. The van der Waals surface area contributed by atoms with Crippen molar-refractivity contribution in [1.29, 1.82) is 0 Å². The van der Waals surface area contributed by atoms with Gasteiger partial charge in [0.2, 0.25) is 5.91 Å². The van der Waals surface area contributed by atoms with E-state index in [1.165, 1.54) is 23.5 Å². The highest BCUT2D eigenvalue weighted by molar-refractivity contribution is 7.09. The third kappa shape index (κ3) is 4.75. The largest absolute Gasteiger partial charge is 0.486 e. The normalized spacial score (nSPS) is 17.4. The van der Waals surface area contributed by atoms with Crippen LogP contribution in [0.5, 0.6) is 5.75 Å². The standard InChI is InChI=1S/C25H24FN3O3S/c1-15(30)29-11-10-16-4-9-20(12-21(16)24(29)17-2-5-18(26)6-3-17)32-13-23-28-22(14-33-23)25(31)27-19-7-8-19/h2-6,9,12,14,19,24H,7-8,10-11,13H2,1H3,(H,27,31)/t24-/m1/s1. The summed E-state index contributed by atoms with van der Waals surface area (Å²) < 4.78 is 19.5. The molecule has 0 saturated heterocycles. The Morgan fingerprint density at radius 1 is 1.21 bits per heavy atom. The maximum Gasteiger partial charge on any atom is 0.270 e. The summed E-state index contributed by atoms with van der Waals surface area (Å²) in [6, 6.07) is 12.2. The molecule has 2 aliphatic rings. The third-order valence-electron chi connectivity index (χ3n) is 6.00. The first-order valence-corrected chi connectivity index (χ1v) is 11.9. The number of rotatable bonds is 6. The molecule has 1 fully saturated rings. The summed E-state index contributed by atoms with van der Waals surface area (Å²) in [4.78, 5) is 30.7. The number of aromatic nitrogens is 1. The molecule has 2 heterocycles. The predicted octanol–water partition coefficient (Wildman–Crippen LogP) is 4.25. The molecule has 0 radical (unpaired) electrons. The molecule has 170 valence electrons. The minimum atomic E-state index is -0.310. The van der Waals surface area contributed by atoms with Crippen molar-refractivity contribution in [2.75, 3.05) is 6.54 Å². The van der Waals surface area contributed by atoms with Gasteiger partial charge >= 0.3 is 0 Å². The number of hydrogen-bond acceptors (Lipinski definition) is 5. The first-order valence-electron chi connectivity index (χ1n) is 11.0. The van der Waals surface area contributed by atoms with E-state index in [4.69, 9.17) is 4.74 Å². The lowest BCUT2D eigenvalue weighted by molar-refractivity contribution is -0.130. The average Bonchev–Trinajstić information content (AvgIpc) is 3.50. The maximum atomic E-state index is 13.5. The molecule has 1 aromatic heterocycles. The first-order chi connectivity index (χ1) is 16.0. The van der Waals surface area contributed by atoms with E-state index in [1.807, 2.05) is 23.1 Å². The lowest BCUT2D eigenvalue weighted by atomic mass is 9.88. The summed E-state index contributed by atoms with van der Waals surface area (Å²) in [5, 5.41) is 5.40. The van der Waals surface area contributed by atoms with Crippen molar-refractivity contribution in [2.24, 2.45) is 0 Å². The van der Waals surface area contributed by atoms with Crippen LogP contribution in [0.4, 0.5) is 4.39 Å². The zero-order valence-electron chi connectivity index (χ0n) is 18.2. The van der Waals surface area contributed by atoms with E-state index in [9.17, 15) is 14.0 Å². The van der Waals surface area contributed by atoms with Gasteiger partial charge in [0.25, 0.3) is 5.91 Å². The van der Waals surface area contributed by atoms with E-state index in [0.717, 1.165) is 36.0 Å². The lowest BCUT2D eigenvalue weighted by Gasteiger charge is -2.37. The van der Waals surface area contributed by atoms with Crippen LogP contribution >= 0.6 is 11.3 Å². The molecule has 2 aromatic carbocycles. The molecule has 2 amide bonds. The predicted molar refractivity (Wildman–Crippen MR) is 123 cm³/mol. The zero-order chi connectivity index (χ0) is 22.9.